The van der Waals surface area contributed by atoms with Gasteiger partial charge in [0.2, 0.25) is 53.2 Å². The molecule has 3 aromatic rings. The minimum absolute atomic E-state index is 0.0266. The number of nitrogens with one attached hydrogen (secondary N) is 12. The highest BCUT2D eigenvalue weighted by Crippen LogP contribution is 2.24. The molecule has 3 aliphatic rings. The Kier molecular flexibility index (Phi) is 29.0. The molecule has 34 nitrogen and oxygen atoms in total. The number of aliphatic imine (C=N–C) groups is 1. The van der Waals surface area contributed by atoms with Gasteiger partial charge in [-0.2, -0.15) is 6.20 Å². The molecule has 0 radical (unpaired) electrons. The molecule has 0 bridgehead atoms. The summed E-state index contributed by atoms with van der Waals surface area (Å²) in [6.45, 7) is 10.3. The maximum Gasteiger partial charge on any atom is 0.326 e. The average molecular weight is 1400 g/mol. The topological polar surface area (TPSA) is 529 Å². The summed E-state index contributed by atoms with van der Waals surface area (Å²) in [6.07, 6.45) is 3.22. The minimum atomic E-state index is -1.82. The van der Waals surface area contributed by atoms with Crippen LogP contribution in [0, 0.1) is 17.8 Å². The lowest BCUT2D eigenvalue weighted by molar-refractivity contribution is -0.143. The van der Waals surface area contributed by atoms with Crippen LogP contribution in [0.25, 0.3) is 5.32 Å². The summed E-state index contributed by atoms with van der Waals surface area (Å²) in [4.78, 5) is 184. The molecule has 3 heterocycles. The van der Waals surface area contributed by atoms with Gasteiger partial charge in [0.15, 0.2) is 11.7 Å². The van der Waals surface area contributed by atoms with Crippen molar-refractivity contribution in [3.63, 3.8) is 0 Å². The first-order chi connectivity index (χ1) is 47.4. The Bertz CT molecular complexity index is 3570. The summed E-state index contributed by atoms with van der Waals surface area (Å²) in [7, 11) is 0. The number of anilines is 1. The first kappa shape index (κ1) is 78.0. The molecule has 0 aliphatic carbocycles. The number of carboxylic acids is 2. The number of phenolic OH excluding ortho intramolecular Hbond substituents is 1. The number of hydrogen-bond donors (Lipinski definition) is 18. The highest BCUT2D eigenvalue weighted by atomic mass is 16.4. The third kappa shape index (κ3) is 22.8. The molecule has 3 aromatic carbocycles. The molecule has 20 N–H and O–H groups in total. The summed E-state index contributed by atoms with van der Waals surface area (Å²) in [5.41, 5.74) is 9.26. The zero-order valence-corrected chi connectivity index (χ0v) is 56.5. The smallest absolute Gasteiger partial charge is 0.326 e. The van der Waals surface area contributed by atoms with Crippen LogP contribution in [0.2, 0.25) is 0 Å². The van der Waals surface area contributed by atoms with Crippen LogP contribution in [-0.2, 0) is 65.6 Å². The largest absolute Gasteiger partial charge is 0.673 e. The number of nitrogens with two attached hydrogens (primary N) is 2. The van der Waals surface area contributed by atoms with Crippen molar-refractivity contribution in [2.45, 2.75) is 179 Å². The summed E-state index contributed by atoms with van der Waals surface area (Å²) in [5.74, 6) is -13.7. The molecular weight excluding hydrogens is 1300 g/mol. The number of carboxylic acid groups (broad SMARTS) is 2. The molecule has 1 saturated heterocycles. The van der Waals surface area contributed by atoms with Crippen LogP contribution in [0.15, 0.2) is 93.5 Å². The number of nitrogens with zero attached hydrogens (tertiary/aromatic N) is 3. The number of carbonyl (C=O) groups is 11. The second-order valence-corrected chi connectivity index (χ2v) is 25.6. The van der Waals surface area contributed by atoms with E-state index in [-0.39, 0.29) is 95.2 Å². The zero-order chi connectivity index (χ0) is 73.5. The van der Waals surface area contributed by atoms with Gasteiger partial charge in [0.25, 0.3) is 10.9 Å². The van der Waals surface area contributed by atoms with Crippen molar-refractivity contribution >= 4 is 76.8 Å². The van der Waals surface area contributed by atoms with Crippen LogP contribution in [0.3, 0.4) is 0 Å². The van der Waals surface area contributed by atoms with Gasteiger partial charge in [-0.25, -0.2) is 4.79 Å². The van der Waals surface area contributed by atoms with Crippen molar-refractivity contribution in [2.24, 2.45) is 34.2 Å². The van der Waals surface area contributed by atoms with E-state index in [1.54, 1.807) is 84.3 Å². The van der Waals surface area contributed by atoms with E-state index in [4.69, 9.17) is 11.5 Å². The van der Waals surface area contributed by atoms with Crippen LogP contribution < -0.4 is 86.1 Å². The highest BCUT2D eigenvalue weighted by Gasteiger charge is 2.42. The molecule has 9 amide bonds. The lowest BCUT2D eigenvalue weighted by Gasteiger charge is -2.32. The summed E-state index contributed by atoms with van der Waals surface area (Å²) < 4.78 is 0. The number of amides is 9. The van der Waals surface area contributed by atoms with Crippen molar-refractivity contribution in [2.75, 3.05) is 25.1 Å². The number of carbonyl (C=O) groups excluding carboxylic acids is 9. The number of guanidine groups is 1. The second-order valence-electron chi connectivity index (χ2n) is 25.6. The van der Waals surface area contributed by atoms with Gasteiger partial charge in [-0.3, -0.25) is 62.5 Å². The van der Waals surface area contributed by atoms with Gasteiger partial charge in [0.1, 0.15) is 71.9 Å². The van der Waals surface area contributed by atoms with Crippen molar-refractivity contribution in [3.05, 3.63) is 116 Å². The van der Waals surface area contributed by atoms with Crippen LogP contribution in [0.5, 0.6) is 11.5 Å². The fourth-order valence-corrected chi connectivity index (χ4v) is 11.4. The van der Waals surface area contributed by atoms with E-state index in [9.17, 15) is 78.0 Å². The van der Waals surface area contributed by atoms with Crippen LogP contribution in [-0.4, -0.2) is 183 Å². The Morgan fingerprint density at radius 2 is 1.21 bits per heavy atom. The Morgan fingerprint density at radius 1 is 0.650 bits per heavy atom. The van der Waals surface area contributed by atoms with E-state index in [0.29, 0.717) is 23.2 Å². The van der Waals surface area contributed by atoms with Gasteiger partial charge in [0.05, 0.1) is 12.6 Å². The minimum Gasteiger partial charge on any atom is -0.673 e. The number of aromatic hydroxyl groups is 2. The van der Waals surface area contributed by atoms with Crippen LogP contribution >= 0.6 is 0 Å². The van der Waals surface area contributed by atoms with Crippen LogP contribution in [0.4, 0.5) is 5.69 Å². The van der Waals surface area contributed by atoms with E-state index in [1.807, 2.05) is 0 Å². The summed E-state index contributed by atoms with van der Waals surface area (Å²) in [6, 6.07) is -0.0146. The average Bonchev–Trinajstić information content (AvgIpc) is 1.07. The first-order valence-electron chi connectivity index (χ1n) is 33.1. The van der Waals surface area contributed by atoms with Gasteiger partial charge in [-0.15, -0.1) is 0 Å². The van der Waals surface area contributed by atoms with E-state index in [2.05, 4.69) is 74.1 Å². The molecule has 1 fully saturated rings. The molecular formula is C66H92N17O17-. The number of phenols is 1. The molecule has 100 heavy (non-hydrogen) atoms. The second kappa shape index (κ2) is 37.1. The van der Waals surface area contributed by atoms with E-state index in [1.165, 1.54) is 35.4 Å². The molecule has 0 aromatic heterocycles. The molecule has 34 heteroatoms. The van der Waals surface area contributed by atoms with Gasteiger partial charge in [-0.05, 0) is 78.8 Å². The monoisotopic (exact) mass is 1390 g/mol. The highest BCUT2D eigenvalue weighted by molar-refractivity contribution is 5.99. The molecule has 11 atom stereocenters. The predicted molar refractivity (Wildman–Crippen MR) is 364 cm³/mol. The van der Waals surface area contributed by atoms with Gasteiger partial charge >= 0.3 is 11.9 Å². The maximum atomic E-state index is 15.1. The quantitative estimate of drug-likeness (QED) is 0.0124. The predicted octanol–water partition coefficient (Wildman–Crippen LogP) is -2.26. The third-order valence-electron chi connectivity index (χ3n) is 17.1. The maximum absolute atomic E-state index is 15.1. The zero-order valence-electron chi connectivity index (χ0n) is 56.5. The third-order valence-corrected chi connectivity index (χ3v) is 17.1. The summed E-state index contributed by atoms with van der Waals surface area (Å²) in [5, 5.41) is 76.7. The SMILES string of the molecule is CCC(C)C(NC(=O)C(Cc1ccc(O)cc1)NC(=O)C(NC(=O)C(CCCN=C(N)N)NC(=O)C(CC(=O)O)Nc1c(O)c(=O)c1=O)C(C)C)C(=O)NC(CC1=C[N-]CN1)C(=O)N1CCCC1C(=O)NC(Cc1ccccc1)C(=O)NC(CC1NC=CN1)C(=O)NC(CC(C)C)C(=O)O. The van der Waals surface area contributed by atoms with E-state index >= 15 is 4.79 Å². The molecule has 3 aliphatic heterocycles. The molecule has 11 unspecified atom stereocenters. The number of rotatable bonds is 39. The van der Waals surface area contributed by atoms with Gasteiger partial charge in [-0.1, -0.05) is 97.1 Å². The van der Waals surface area contributed by atoms with E-state index < -0.39 is 172 Å². The molecule has 6 rings (SSSR count). The Morgan fingerprint density at radius 3 is 1.80 bits per heavy atom. The molecule has 0 spiro atoms. The number of hydrogen-bond acceptors (Lipinski definition) is 20. The Labute approximate surface area is 576 Å². The fraction of sp³-hybridized carbons (Fsp3) is 0.515. The van der Waals surface area contributed by atoms with Gasteiger partial charge in [0, 0.05) is 51.2 Å². The Balaban J connectivity index is 1.23. The van der Waals surface area contributed by atoms with Gasteiger partial charge < -0.3 is 106 Å². The lowest BCUT2D eigenvalue weighted by Crippen LogP contribution is -2.62. The first-order valence-corrected chi connectivity index (χ1v) is 33.1. The standard InChI is InChI=1S/C66H93N17O17/c1-7-35(6)51(82-60(94)42(27-37-17-19-39(84)20-18-37)78-62(96)50(34(4)5)81-56(90)40(15-11-21-72-66(67)68)75-59(93)44(30-49(85)86)74-52-53(87)55(89)54(52)88)63(97)79-45(28-38-31-69-32-73-38)64(98)83-24-12-16-47(83)61(95)77-41(26-36-13-9-8-10-14-36)57(91)76-43(29-48-70-22-23-71-48)58(92)80-46(65(99)100)25-33(2)3/h8-10,13-14,17-20,22-23,31,33-35,40-48,50-51H,7,11-12,15-16,21,24-30,32H2,1-6H3,(H21,67,68,69,70,71,72,73,74,75,76,77,78,79,80,81,82,84,85,86,87,88,89,90,91,92,93,94,95,96,97,99,100)/p-1. The number of benzene rings is 2. The molecule has 544 valence electrons. The number of likely N-dealkylation sites (tertiary alicyclic amines) is 1. The van der Waals surface area contributed by atoms with Crippen molar-refractivity contribution in [1.29, 1.82) is 0 Å². The fourth-order valence-electron chi connectivity index (χ4n) is 11.4. The lowest BCUT2D eigenvalue weighted by atomic mass is 9.96. The van der Waals surface area contributed by atoms with Crippen molar-refractivity contribution in [1.82, 2.24) is 63.4 Å². The molecule has 0 saturated carbocycles. The number of aliphatic carboxylic acids is 2. The van der Waals surface area contributed by atoms with Crippen LogP contribution in [0.1, 0.15) is 110 Å². The summed E-state index contributed by atoms with van der Waals surface area (Å²) >= 11 is 0. The van der Waals surface area contributed by atoms with Crippen molar-refractivity contribution < 1.29 is 73.2 Å². The Hall–Kier alpha value is -11.0. The van der Waals surface area contributed by atoms with Crippen molar-refractivity contribution in [3.8, 4) is 11.5 Å². The van der Waals surface area contributed by atoms with E-state index in [0.717, 1.165) is 0 Å². The normalized spacial score (nSPS) is 17.1.